The number of nitrogens with one attached hydrogen (secondary N) is 1. The molecule has 35 heavy (non-hydrogen) atoms. The summed E-state index contributed by atoms with van der Waals surface area (Å²) < 4.78 is 6.90. The van der Waals surface area contributed by atoms with E-state index in [1.54, 1.807) is 13.3 Å². The zero-order valence-corrected chi connectivity index (χ0v) is 21.7. The number of fused-ring (bicyclic) bond motifs is 1. The van der Waals surface area contributed by atoms with Crippen molar-refractivity contribution in [2.45, 2.75) is 57.9 Å². The number of hydrogen-bond donors (Lipinski definition) is 3. The van der Waals surface area contributed by atoms with Crippen LogP contribution in [0.15, 0.2) is 62.1 Å². The monoisotopic (exact) mass is 481 g/mol. The Morgan fingerprint density at radius 2 is 1.97 bits per heavy atom. The van der Waals surface area contributed by atoms with E-state index in [-0.39, 0.29) is 12.1 Å². The second-order valence-corrected chi connectivity index (χ2v) is 9.13. The van der Waals surface area contributed by atoms with Crippen LogP contribution >= 0.6 is 0 Å². The Labute approximate surface area is 210 Å². The summed E-state index contributed by atoms with van der Waals surface area (Å²) >= 11 is 0. The predicted octanol–water partition coefficient (Wildman–Crippen LogP) is 6.00. The number of H-pyrrole nitrogens is 1. The first-order valence-electron chi connectivity index (χ1n) is 12.5. The summed E-state index contributed by atoms with van der Waals surface area (Å²) in [6.07, 6.45) is 17.2. The smallest absolute Gasteiger partial charge is 0.137 e. The lowest BCUT2D eigenvalue weighted by Crippen LogP contribution is -2.43. The molecule has 5 rings (SSSR count). The van der Waals surface area contributed by atoms with Crippen LogP contribution in [0.2, 0.25) is 0 Å². The van der Waals surface area contributed by atoms with E-state index in [1.807, 2.05) is 25.1 Å². The van der Waals surface area contributed by atoms with Gasteiger partial charge in [-0.25, -0.2) is 4.98 Å². The van der Waals surface area contributed by atoms with Crippen LogP contribution in [0.5, 0.6) is 0 Å². The highest BCUT2D eigenvalue weighted by molar-refractivity contribution is 5.83. The first-order chi connectivity index (χ1) is 17.1. The largest absolute Gasteiger partial charge is 0.396 e. The van der Waals surface area contributed by atoms with Gasteiger partial charge in [0.05, 0.1) is 18.8 Å². The Morgan fingerprint density at radius 1 is 1.23 bits per heavy atom. The van der Waals surface area contributed by atoms with Crippen molar-refractivity contribution in [3.05, 3.63) is 67.7 Å². The second kappa shape index (κ2) is 14.7. The molecule has 0 atom stereocenters. The second-order valence-electron chi connectivity index (χ2n) is 9.13. The summed E-state index contributed by atoms with van der Waals surface area (Å²) in [5.74, 6) is 0.671. The van der Waals surface area contributed by atoms with Crippen LogP contribution in [0.4, 0.5) is 0 Å². The number of aromatic amines is 1. The zero-order valence-electron chi connectivity index (χ0n) is 21.7. The van der Waals surface area contributed by atoms with E-state index in [0.717, 1.165) is 36.2 Å². The van der Waals surface area contributed by atoms with Gasteiger partial charge >= 0.3 is 0 Å². The van der Waals surface area contributed by atoms with E-state index >= 15 is 0 Å². The molecule has 2 aliphatic rings. The number of pyridine rings is 1. The number of ether oxygens (including phenoxy) is 1. The molecule has 2 fully saturated rings. The summed E-state index contributed by atoms with van der Waals surface area (Å²) in [4.78, 5) is 7.74. The molecular weight excluding hydrogens is 438 g/mol. The van der Waals surface area contributed by atoms with Gasteiger partial charge in [-0.2, -0.15) is 0 Å². The topological polar surface area (TPSA) is 83.3 Å². The van der Waals surface area contributed by atoms with Crippen molar-refractivity contribution in [1.82, 2.24) is 14.5 Å². The molecule has 2 saturated carbocycles. The molecule has 0 saturated heterocycles. The van der Waals surface area contributed by atoms with Gasteiger partial charge in [0.25, 0.3) is 0 Å². The Bertz CT molecular complexity index is 988. The summed E-state index contributed by atoms with van der Waals surface area (Å²) in [6.45, 7) is 11.5. The number of aliphatic hydroxyl groups is 2. The number of hydrogen-bond acceptors (Lipinski definition) is 4. The molecule has 0 unspecified atom stereocenters. The van der Waals surface area contributed by atoms with Gasteiger partial charge in [0.15, 0.2) is 0 Å². The highest BCUT2D eigenvalue weighted by Crippen LogP contribution is 2.40. The number of methoxy groups -OCH3 is 1. The molecule has 3 N–H and O–H groups in total. The highest BCUT2D eigenvalue weighted by atomic mass is 16.5. The van der Waals surface area contributed by atoms with E-state index in [1.165, 1.54) is 36.8 Å². The molecule has 0 bridgehead atoms. The fourth-order valence-corrected chi connectivity index (χ4v) is 4.17. The lowest BCUT2D eigenvalue weighted by molar-refractivity contribution is 0.0556. The van der Waals surface area contributed by atoms with Gasteiger partial charge in [-0.15, -0.1) is 13.2 Å². The van der Waals surface area contributed by atoms with E-state index in [2.05, 4.69) is 59.1 Å². The Balaban J connectivity index is 0.000000255. The molecule has 3 aromatic rings. The van der Waals surface area contributed by atoms with Gasteiger partial charge in [-0.1, -0.05) is 18.6 Å². The predicted molar refractivity (Wildman–Crippen MR) is 146 cm³/mol. The van der Waals surface area contributed by atoms with Crippen LogP contribution in [0.3, 0.4) is 0 Å². The minimum absolute atomic E-state index is 0.0761. The van der Waals surface area contributed by atoms with Crippen LogP contribution < -0.4 is 0 Å². The van der Waals surface area contributed by atoms with Crippen molar-refractivity contribution < 1.29 is 14.9 Å². The van der Waals surface area contributed by atoms with Crippen molar-refractivity contribution in [1.29, 1.82) is 0 Å². The third kappa shape index (κ3) is 7.40. The van der Waals surface area contributed by atoms with Crippen LogP contribution in [-0.4, -0.2) is 51.7 Å². The Morgan fingerprint density at radius 3 is 2.40 bits per heavy atom. The average molecular weight is 482 g/mol. The number of aromatic nitrogens is 3. The molecule has 0 radical (unpaired) electrons. The summed E-state index contributed by atoms with van der Waals surface area (Å²) in [7, 11) is 1.68. The Hall–Kier alpha value is -2.67. The molecule has 0 aromatic carbocycles. The molecule has 0 amide bonds. The van der Waals surface area contributed by atoms with Gasteiger partial charge in [-0.05, 0) is 75.6 Å². The third-order valence-electron chi connectivity index (χ3n) is 6.82. The lowest BCUT2D eigenvalue weighted by Gasteiger charge is -2.41. The van der Waals surface area contributed by atoms with Gasteiger partial charge in [0, 0.05) is 49.0 Å². The lowest BCUT2D eigenvalue weighted by atomic mass is 9.77. The summed E-state index contributed by atoms with van der Waals surface area (Å²) in [6, 6.07) is 6.16. The van der Waals surface area contributed by atoms with E-state index in [9.17, 15) is 5.11 Å². The maximum atomic E-state index is 9.74. The quantitative estimate of drug-likeness (QED) is 0.377. The number of allylic oxidation sites excluding steroid dienone is 1. The first kappa shape index (κ1) is 28.6. The standard InChI is InChI=1S/C17H19N3O.2C5H10O.C2H4/c1-12-9-20(17(11-21)5-3-6-17)10-14(12)15-8-13-4-2-7-18-16(13)19-15;6-4-5-2-1-3-5;1-3-4-5-6-2;1-2/h2,4,7-10,21H,3,5-6,11H2,1H3,(H,18,19);5-6H,1-4H2;3-4H,5H2,1-2H3;1-2H2/b;;4-3-;. The SMILES string of the molecule is C/C=C\COC.C=C.Cc1cn(C2(CO)CCC2)cc1-c1cc2cccnc2[nH]1.OCC1CCC1. The fraction of sp³-hybridized carbons (Fsp3) is 0.483. The molecule has 0 spiro atoms. The van der Waals surface area contributed by atoms with Gasteiger partial charge in [0.1, 0.15) is 5.65 Å². The number of aliphatic hydroxyl groups excluding tert-OH is 2. The van der Waals surface area contributed by atoms with E-state index in [4.69, 9.17) is 9.84 Å². The third-order valence-corrected chi connectivity index (χ3v) is 6.82. The van der Waals surface area contributed by atoms with E-state index < -0.39 is 0 Å². The van der Waals surface area contributed by atoms with Crippen LogP contribution in [0, 0.1) is 12.8 Å². The summed E-state index contributed by atoms with van der Waals surface area (Å²) in [5.41, 5.74) is 4.34. The maximum Gasteiger partial charge on any atom is 0.137 e. The van der Waals surface area contributed by atoms with E-state index in [0.29, 0.717) is 12.5 Å². The zero-order chi connectivity index (χ0) is 25.7. The highest BCUT2D eigenvalue weighted by Gasteiger charge is 2.38. The minimum Gasteiger partial charge on any atom is -0.396 e. The number of nitrogens with zero attached hydrogens (tertiary/aromatic N) is 2. The van der Waals surface area contributed by atoms with Crippen molar-refractivity contribution >= 4 is 11.0 Å². The maximum absolute atomic E-state index is 9.74. The van der Waals surface area contributed by atoms with Gasteiger partial charge < -0.3 is 24.5 Å². The van der Waals surface area contributed by atoms with Crippen molar-refractivity contribution in [3.8, 4) is 11.3 Å². The van der Waals surface area contributed by atoms with Crippen LogP contribution in [0.1, 0.15) is 51.0 Å². The number of aryl methyl sites for hydroxylation is 1. The first-order valence-corrected chi connectivity index (χ1v) is 12.5. The molecule has 3 heterocycles. The average Bonchev–Trinajstić information content (AvgIpc) is 3.42. The molecule has 0 aliphatic heterocycles. The molecule has 3 aromatic heterocycles. The fourth-order valence-electron chi connectivity index (χ4n) is 4.17. The van der Waals surface area contributed by atoms with Crippen molar-refractivity contribution in [2.75, 3.05) is 26.9 Å². The van der Waals surface area contributed by atoms with Crippen LogP contribution in [-0.2, 0) is 10.3 Å². The number of rotatable bonds is 6. The molecule has 192 valence electrons. The van der Waals surface area contributed by atoms with Gasteiger partial charge in [-0.3, -0.25) is 0 Å². The molecule has 6 nitrogen and oxygen atoms in total. The molecular formula is C29H43N3O3. The Kier molecular flexibility index (Phi) is 12.0. The minimum atomic E-state index is -0.0761. The van der Waals surface area contributed by atoms with Crippen molar-refractivity contribution in [2.24, 2.45) is 5.92 Å². The van der Waals surface area contributed by atoms with Gasteiger partial charge in [0.2, 0.25) is 0 Å². The summed E-state index contributed by atoms with van der Waals surface area (Å²) in [5, 5.41) is 19.2. The van der Waals surface area contributed by atoms with Crippen LogP contribution in [0.25, 0.3) is 22.3 Å². The van der Waals surface area contributed by atoms with Crippen molar-refractivity contribution in [3.63, 3.8) is 0 Å². The molecule has 2 aliphatic carbocycles. The normalized spacial score (nSPS) is 16.1. The molecule has 6 heteroatoms.